The zero-order valence-electron chi connectivity index (χ0n) is 14.3. The third kappa shape index (κ3) is 3.43. The van der Waals surface area contributed by atoms with Crippen LogP contribution in [0.15, 0.2) is 48.5 Å². The van der Waals surface area contributed by atoms with Gasteiger partial charge in [0.15, 0.2) is 0 Å². The summed E-state index contributed by atoms with van der Waals surface area (Å²) in [5.74, 6) is 0.674. The molecule has 0 radical (unpaired) electrons. The molecule has 0 aliphatic carbocycles. The number of aromatic nitrogens is 2. The molecule has 1 aromatic heterocycles. The molecule has 3 aromatic rings. The lowest BCUT2D eigenvalue weighted by Crippen LogP contribution is -2.35. The summed E-state index contributed by atoms with van der Waals surface area (Å²) in [6.45, 7) is 0.240. The molecule has 0 unspecified atom stereocenters. The molecule has 136 valence electrons. The predicted molar refractivity (Wildman–Crippen MR) is 103 cm³/mol. The molecule has 4 rings (SSSR count). The first-order valence-electron chi connectivity index (χ1n) is 8.32. The fourth-order valence-electron chi connectivity index (χ4n) is 3.23. The number of nitrogens with zero attached hydrogens (tertiary/aromatic N) is 2. The van der Waals surface area contributed by atoms with Crippen LogP contribution >= 0.6 is 12.4 Å². The number of benzene rings is 2. The first-order valence-corrected chi connectivity index (χ1v) is 8.32. The molecule has 2 N–H and O–H groups in total. The van der Waals surface area contributed by atoms with Crippen LogP contribution in [0.1, 0.15) is 6.42 Å². The van der Waals surface area contributed by atoms with Crippen molar-refractivity contribution in [2.45, 2.75) is 18.6 Å². The Labute approximate surface area is 157 Å². The van der Waals surface area contributed by atoms with Crippen molar-refractivity contribution in [2.75, 3.05) is 11.9 Å². The topological polar surface area (TPSA) is 59.0 Å². The monoisotopic (exact) mass is 374 g/mol. The zero-order valence-corrected chi connectivity index (χ0v) is 15.1. The molecule has 0 saturated carbocycles. The summed E-state index contributed by atoms with van der Waals surface area (Å²) in [4.78, 5) is 16.8. The Balaban J connectivity index is 0.00000196. The van der Waals surface area contributed by atoms with Crippen LogP contribution in [0.3, 0.4) is 0 Å². The van der Waals surface area contributed by atoms with Crippen molar-refractivity contribution < 1.29 is 9.18 Å². The third-order valence-electron chi connectivity index (χ3n) is 4.59. The molecule has 26 heavy (non-hydrogen) atoms. The summed E-state index contributed by atoms with van der Waals surface area (Å²) in [6.07, 6.45) is -0.722. The Morgan fingerprint density at radius 1 is 1.23 bits per heavy atom. The van der Waals surface area contributed by atoms with Gasteiger partial charge in [-0.2, -0.15) is 0 Å². The summed E-state index contributed by atoms with van der Waals surface area (Å²) < 4.78 is 15.2. The van der Waals surface area contributed by atoms with E-state index in [1.807, 2.05) is 60.1 Å². The quantitative estimate of drug-likeness (QED) is 0.739. The van der Waals surface area contributed by atoms with E-state index < -0.39 is 12.2 Å². The standard InChI is InChI=1S/C19H19FN4O.ClH/c1-24-17-5-3-2-4-15(17)23-18(24)12-6-8-14(9-7-12)22-19(25)16-10-13(20)11-21-16;/h2-9,13,16,21H,10-11H2,1H3,(H,22,25);1H/t13-,16+;/m0./s1. The lowest BCUT2D eigenvalue weighted by molar-refractivity contribution is -0.117. The van der Waals surface area contributed by atoms with Gasteiger partial charge in [-0.25, -0.2) is 9.37 Å². The van der Waals surface area contributed by atoms with E-state index in [0.717, 1.165) is 22.4 Å². The number of carbonyl (C=O) groups excluding carboxylic acids is 1. The Morgan fingerprint density at radius 2 is 1.96 bits per heavy atom. The van der Waals surface area contributed by atoms with Crippen LogP contribution in [0.4, 0.5) is 10.1 Å². The van der Waals surface area contributed by atoms with Gasteiger partial charge in [-0.15, -0.1) is 12.4 Å². The molecule has 0 bridgehead atoms. The number of amides is 1. The summed E-state index contributed by atoms with van der Waals surface area (Å²) in [7, 11) is 1.99. The lowest BCUT2D eigenvalue weighted by Gasteiger charge is -2.11. The summed E-state index contributed by atoms with van der Waals surface area (Å²) in [6, 6.07) is 15.1. The lowest BCUT2D eigenvalue weighted by atomic mass is 10.1. The van der Waals surface area contributed by atoms with Crippen LogP contribution in [0.2, 0.25) is 0 Å². The van der Waals surface area contributed by atoms with Crippen molar-refractivity contribution in [1.29, 1.82) is 0 Å². The Morgan fingerprint density at radius 3 is 2.62 bits per heavy atom. The van der Waals surface area contributed by atoms with Crippen LogP contribution in [-0.2, 0) is 11.8 Å². The second kappa shape index (κ2) is 7.43. The van der Waals surface area contributed by atoms with Gasteiger partial charge in [-0.1, -0.05) is 12.1 Å². The van der Waals surface area contributed by atoms with Crippen molar-refractivity contribution in [3.8, 4) is 11.4 Å². The van der Waals surface area contributed by atoms with E-state index in [2.05, 4.69) is 15.6 Å². The summed E-state index contributed by atoms with van der Waals surface area (Å²) in [5.41, 5.74) is 3.68. The SMILES string of the molecule is Cl.Cn1c(-c2ccc(NC(=O)[C@H]3C[C@H](F)CN3)cc2)nc2ccccc21. The van der Waals surface area contributed by atoms with Crippen LogP contribution in [0.25, 0.3) is 22.4 Å². The molecular formula is C19H20ClFN4O. The number of carbonyl (C=O) groups is 1. The minimum absolute atomic E-state index is 0. The number of hydrogen-bond acceptors (Lipinski definition) is 3. The van der Waals surface area contributed by atoms with E-state index in [0.29, 0.717) is 5.69 Å². The van der Waals surface area contributed by atoms with Gasteiger partial charge in [-0.3, -0.25) is 4.79 Å². The number of nitrogens with one attached hydrogen (secondary N) is 2. The average molecular weight is 375 g/mol. The Bertz CT molecular complexity index is 925. The molecule has 1 amide bonds. The van der Waals surface area contributed by atoms with Crippen LogP contribution in [0.5, 0.6) is 0 Å². The largest absolute Gasteiger partial charge is 0.327 e. The number of aryl methyl sites for hydroxylation is 1. The van der Waals surface area contributed by atoms with Crippen LogP contribution in [0, 0.1) is 0 Å². The molecule has 7 heteroatoms. The molecule has 5 nitrogen and oxygen atoms in total. The normalized spacial score (nSPS) is 19.3. The third-order valence-corrected chi connectivity index (χ3v) is 4.59. The minimum Gasteiger partial charge on any atom is -0.327 e. The molecule has 1 aliphatic heterocycles. The zero-order chi connectivity index (χ0) is 17.4. The van der Waals surface area contributed by atoms with E-state index in [1.165, 1.54) is 0 Å². The first kappa shape index (κ1) is 18.4. The molecule has 2 atom stereocenters. The first-order chi connectivity index (χ1) is 12.1. The van der Waals surface area contributed by atoms with E-state index in [9.17, 15) is 9.18 Å². The highest BCUT2D eigenvalue weighted by atomic mass is 35.5. The number of fused-ring (bicyclic) bond motifs is 1. The molecular weight excluding hydrogens is 355 g/mol. The summed E-state index contributed by atoms with van der Waals surface area (Å²) >= 11 is 0. The number of anilines is 1. The fourth-order valence-corrected chi connectivity index (χ4v) is 3.23. The van der Waals surface area contributed by atoms with Gasteiger partial charge in [0.1, 0.15) is 12.0 Å². The van der Waals surface area contributed by atoms with Crippen molar-refractivity contribution in [1.82, 2.24) is 14.9 Å². The minimum atomic E-state index is -0.948. The smallest absolute Gasteiger partial charge is 0.241 e. The second-order valence-electron chi connectivity index (χ2n) is 6.34. The maximum absolute atomic E-state index is 13.2. The van der Waals surface area contributed by atoms with E-state index in [1.54, 1.807) is 0 Å². The van der Waals surface area contributed by atoms with Gasteiger partial charge in [0, 0.05) is 31.3 Å². The highest BCUT2D eigenvalue weighted by Gasteiger charge is 2.29. The molecule has 2 heterocycles. The number of imidazole rings is 1. The van der Waals surface area contributed by atoms with E-state index in [-0.39, 0.29) is 31.3 Å². The molecule has 2 aromatic carbocycles. The maximum atomic E-state index is 13.2. The Kier molecular flexibility index (Phi) is 5.25. The number of rotatable bonds is 3. The number of halogens is 2. The summed E-state index contributed by atoms with van der Waals surface area (Å²) in [5, 5.41) is 5.71. The van der Waals surface area contributed by atoms with E-state index in [4.69, 9.17) is 0 Å². The average Bonchev–Trinajstić information content (AvgIpc) is 3.20. The predicted octanol–water partition coefficient (Wildman–Crippen LogP) is 3.30. The molecule has 0 spiro atoms. The van der Waals surface area contributed by atoms with Crippen LogP contribution < -0.4 is 10.6 Å². The molecule has 1 fully saturated rings. The van der Waals surface area contributed by atoms with Crippen LogP contribution in [-0.4, -0.2) is 34.2 Å². The van der Waals surface area contributed by atoms with Gasteiger partial charge >= 0.3 is 0 Å². The fraction of sp³-hybridized carbons (Fsp3) is 0.263. The number of alkyl halides is 1. The number of para-hydroxylation sites is 2. The van der Waals surface area contributed by atoms with E-state index >= 15 is 0 Å². The van der Waals surface area contributed by atoms with Gasteiger partial charge in [-0.05, 0) is 36.4 Å². The van der Waals surface area contributed by atoms with Crippen molar-refractivity contribution >= 4 is 35.0 Å². The molecule has 1 saturated heterocycles. The van der Waals surface area contributed by atoms with Gasteiger partial charge in [0.2, 0.25) is 5.91 Å². The van der Waals surface area contributed by atoms with Gasteiger partial charge in [0.05, 0.1) is 17.1 Å². The van der Waals surface area contributed by atoms with Crippen molar-refractivity contribution in [2.24, 2.45) is 7.05 Å². The van der Waals surface area contributed by atoms with Crippen molar-refractivity contribution in [3.05, 3.63) is 48.5 Å². The maximum Gasteiger partial charge on any atom is 0.241 e. The Hall–Kier alpha value is -2.44. The highest BCUT2D eigenvalue weighted by molar-refractivity contribution is 5.95. The van der Waals surface area contributed by atoms with Gasteiger partial charge in [0.25, 0.3) is 0 Å². The highest BCUT2D eigenvalue weighted by Crippen LogP contribution is 2.25. The van der Waals surface area contributed by atoms with Crippen molar-refractivity contribution in [3.63, 3.8) is 0 Å². The molecule has 1 aliphatic rings. The van der Waals surface area contributed by atoms with Gasteiger partial charge < -0.3 is 15.2 Å². The number of hydrogen-bond donors (Lipinski definition) is 2. The second-order valence-corrected chi connectivity index (χ2v) is 6.34.